The molecule has 1 aliphatic rings. The molecule has 2 heteroatoms. The number of rotatable bonds is 2. The van der Waals surface area contributed by atoms with Gasteiger partial charge in [0.1, 0.15) is 0 Å². The number of ether oxygens (including phenoxy) is 1. The Morgan fingerprint density at radius 2 is 2.30 bits per heavy atom. The first kappa shape index (κ1) is 8.02. The van der Waals surface area contributed by atoms with E-state index in [-0.39, 0.29) is 0 Å². The van der Waals surface area contributed by atoms with Gasteiger partial charge in [-0.2, -0.15) is 0 Å². The van der Waals surface area contributed by atoms with Gasteiger partial charge >= 0.3 is 0 Å². The van der Waals surface area contributed by atoms with Gasteiger partial charge in [-0.1, -0.05) is 6.42 Å². The van der Waals surface area contributed by atoms with Gasteiger partial charge in [0.05, 0.1) is 6.10 Å². The summed E-state index contributed by atoms with van der Waals surface area (Å²) in [6.45, 7) is 0.333. The van der Waals surface area contributed by atoms with Gasteiger partial charge < -0.3 is 9.84 Å². The van der Waals surface area contributed by atoms with Crippen LogP contribution in [0.4, 0.5) is 0 Å². The van der Waals surface area contributed by atoms with E-state index in [0.717, 1.165) is 6.42 Å². The minimum Gasteiger partial charge on any atom is -0.396 e. The fourth-order valence-electron chi connectivity index (χ4n) is 1.62. The smallest absolute Gasteiger partial charge is 0.0574 e. The van der Waals surface area contributed by atoms with Crippen molar-refractivity contribution in [3.63, 3.8) is 0 Å². The second-order valence-electron chi connectivity index (χ2n) is 3.07. The van der Waals surface area contributed by atoms with Crippen LogP contribution in [0.25, 0.3) is 0 Å². The molecule has 0 heterocycles. The molecule has 0 radical (unpaired) electrons. The maximum atomic E-state index is 8.85. The van der Waals surface area contributed by atoms with Crippen LogP contribution in [0.1, 0.15) is 25.7 Å². The Balaban J connectivity index is 2.25. The van der Waals surface area contributed by atoms with Crippen molar-refractivity contribution in [2.24, 2.45) is 5.92 Å². The maximum Gasteiger partial charge on any atom is 0.0574 e. The lowest BCUT2D eigenvalue weighted by Crippen LogP contribution is -2.23. The molecule has 2 nitrogen and oxygen atoms in total. The molecule has 0 amide bonds. The van der Waals surface area contributed by atoms with Crippen molar-refractivity contribution in [1.29, 1.82) is 0 Å². The molecule has 2 atom stereocenters. The van der Waals surface area contributed by atoms with Crippen LogP contribution in [0.15, 0.2) is 0 Å². The normalized spacial score (nSPS) is 34.2. The van der Waals surface area contributed by atoms with Gasteiger partial charge in [0.25, 0.3) is 0 Å². The molecule has 0 saturated heterocycles. The zero-order valence-corrected chi connectivity index (χ0v) is 6.55. The molecule has 0 spiro atoms. The molecule has 0 aliphatic heterocycles. The summed E-state index contributed by atoms with van der Waals surface area (Å²) >= 11 is 0. The second-order valence-corrected chi connectivity index (χ2v) is 3.07. The van der Waals surface area contributed by atoms with E-state index in [2.05, 4.69) is 0 Å². The highest BCUT2D eigenvalue weighted by Gasteiger charge is 2.20. The molecule has 1 aliphatic carbocycles. The summed E-state index contributed by atoms with van der Waals surface area (Å²) in [5.74, 6) is 0.499. The molecule has 0 aromatic heterocycles. The van der Waals surface area contributed by atoms with Crippen molar-refractivity contribution in [1.82, 2.24) is 0 Å². The van der Waals surface area contributed by atoms with Crippen LogP contribution in [-0.4, -0.2) is 24.9 Å². The monoisotopic (exact) mass is 144 g/mol. The van der Waals surface area contributed by atoms with Gasteiger partial charge in [-0.3, -0.25) is 0 Å². The average molecular weight is 144 g/mol. The predicted octanol–water partition coefficient (Wildman–Crippen LogP) is 1.18. The summed E-state index contributed by atoms with van der Waals surface area (Å²) < 4.78 is 5.21. The van der Waals surface area contributed by atoms with Crippen molar-refractivity contribution in [3.05, 3.63) is 0 Å². The van der Waals surface area contributed by atoms with Crippen LogP contribution >= 0.6 is 0 Å². The minimum absolute atomic E-state index is 0.333. The van der Waals surface area contributed by atoms with Gasteiger partial charge in [0.2, 0.25) is 0 Å². The van der Waals surface area contributed by atoms with Crippen molar-refractivity contribution < 1.29 is 9.84 Å². The van der Waals surface area contributed by atoms with E-state index in [0.29, 0.717) is 18.6 Å². The van der Waals surface area contributed by atoms with Crippen LogP contribution in [0.3, 0.4) is 0 Å². The van der Waals surface area contributed by atoms with E-state index >= 15 is 0 Å². The Morgan fingerprint density at radius 3 is 2.90 bits per heavy atom. The van der Waals surface area contributed by atoms with Crippen LogP contribution in [0.5, 0.6) is 0 Å². The number of methoxy groups -OCH3 is 1. The van der Waals surface area contributed by atoms with Crippen molar-refractivity contribution in [2.75, 3.05) is 13.7 Å². The minimum atomic E-state index is 0.333. The molecule has 1 fully saturated rings. The number of aliphatic hydroxyl groups is 1. The van der Waals surface area contributed by atoms with E-state index in [4.69, 9.17) is 9.84 Å². The van der Waals surface area contributed by atoms with Crippen LogP contribution in [0.2, 0.25) is 0 Å². The largest absolute Gasteiger partial charge is 0.396 e. The Morgan fingerprint density at radius 1 is 1.50 bits per heavy atom. The van der Waals surface area contributed by atoms with Gasteiger partial charge in [0.15, 0.2) is 0 Å². The fraction of sp³-hybridized carbons (Fsp3) is 1.00. The Kier molecular flexibility index (Phi) is 3.16. The first-order valence-corrected chi connectivity index (χ1v) is 4.00. The summed E-state index contributed by atoms with van der Waals surface area (Å²) in [6, 6.07) is 0. The summed E-state index contributed by atoms with van der Waals surface area (Å²) in [6.07, 6.45) is 5.02. The van der Waals surface area contributed by atoms with E-state index in [1.807, 2.05) is 0 Å². The topological polar surface area (TPSA) is 29.5 Å². The molecule has 0 unspecified atom stereocenters. The lowest BCUT2D eigenvalue weighted by atomic mass is 9.88. The molecule has 1 saturated carbocycles. The lowest BCUT2D eigenvalue weighted by Gasteiger charge is -2.26. The van der Waals surface area contributed by atoms with Crippen LogP contribution in [-0.2, 0) is 4.74 Å². The summed E-state index contributed by atoms with van der Waals surface area (Å²) in [4.78, 5) is 0. The quantitative estimate of drug-likeness (QED) is 0.630. The van der Waals surface area contributed by atoms with E-state index in [1.54, 1.807) is 7.11 Å². The molecule has 60 valence electrons. The molecular weight excluding hydrogens is 128 g/mol. The number of hydrogen-bond acceptors (Lipinski definition) is 2. The van der Waals surface area contributed by atoms with Gasteiger partial charge in [-0.05, 0) is 25.2 Å². The Hall–Kier alpha value is -0.0800. The Labute approximate surface area is 62.2 Å². The van der Waals surface area contributed by atoms with Gasteiger partial charge in [-0.15, -0.1) is 0 Å². The third-order valence-electron chi connectivity index (χ3n) is 2.33. The molecule has 0 aromatic rings. The molecule has 1 N–H and O–H groups in total. The predicted molar refractivity (Wildman–Crippen MR) is 39.8 cm³/mol. The first-order valence-electron chi connectivity index (χ1n) is 4.00. The SMILES string of the molecule is CO[C@H]1CCC[C@@H](CO)C1. The van der Waals surface area contributed by atoms with Crippen LogP contribution in [0, 0.1) is 5.92 Å². The van der Waals surface area contributed by atoms with Crippen LogP contribution < -0.4 is 0 Å². The highest BCUT2D eigenvalue weighted by Crippen LogP contribution is 2.25. The number of hydrogen-bond donors (Lipinski definition) is 1. The fourth-order valence-corrected chi connectivity index (χ4v) is 1.62. The standard InChI is InChI=1S/C8H16O2/c1-10-8-4-2-3-7(5-8)6-9/h7-9H,2-6H2,1H3/t7-,8+/m1/s1. The van der Waals surface area contributed by atoms with Gasteiger partial charge in [-0.25, -0.2) is 0 Å². The summed E-state index contributed by atoms with van der Waals surface area (Å²) in [5.41, 5.74) is 0. The Bertz CT molecular complexity index is 83.3. The van der Waals surface area contributed by atoms with E-state index in [1.165, 1.54) is 19.3 Å². The molecular formula is C8H16O2. The molecule has 0 bridgehead atoms. The summed E-state index contributed by atoms with van der Waals surface area (Å²) in [7, 11) is 1.75. The highest BCUT2D eigenvalue weighted by molar-refractivity contribution is 4.72. The van der Waals surface area contributed by atoms with Crippen molar-refractivity contribution >= 4 is 0 Å². The third kappa shape index (κ3) is 1.96. The zero-order chi connectivity index (χ0) is 7.40. The molecule has 0 aromatic carbocycles. The van der Waals surface area contributed by atoms with Gasteiger partial charge in [0, 0.05) is 13.7 Å². The first-order chi connectivity index (χ1) is 4.86. The summed E-state index contributed by atoms with van der Waals surface area (Å²) in [5, 5.41) is 8.85. The maximum absolute atomic E-state index is 8.85. The van der Waals surface area contributed by atoms with Crippen molar-refractivity contribution in [3.8, 4) is 0 Å². The van der Waals surface area contributed by atoms with E-state index in [9.17, 15) is 0 Å². The third-order valence-corrected chi connectivity index (χ3v) is 2.33. The average Bonchev–Trinajstić information content (AvgIpc) is 2.05. The number of aliphatic hydroxyl groups excluding tert-OH is 1. The zero-order valence-electron chi connectivity index (χ0n) is 6.55. The van der Waals surface area contributed by atoms with Crippen molar-refractivity contribution in [2.45, 2.75) is 31.8 Å². The molecule has 1 rings (SSSR count). The molecule has 10 heavy (non-hydrogen) atoms. The van der Waals surface area contributed by atoms with E-state index < -0.39 is 0 Å². The highest BCUT2D eigenvalue weighted by atomic mass is 16.5. The second kappa shape index (κ2) is 3.94. The lowest BCUT2D eigenvalue weighted by molar-refractivity contribution is 0.0363.